The van der Waals surface area contributed by atoms with Gasteiger partial charge in [-0.15, -0.1) is 0 Å². The molecule has 0 unspecified atom stereocenters. The van der Waals surface area contributed by atoms with Gasteiger partial charge < -0.3 is 5.32 Å². The Labute approximate surface area is 174 Å². The zero-order chi connectivity index (χ0) is 20.1. The number of benzene rings is 2. The number of anilines is 1. The predicted octanol–water partition coefficient (Wildman–Crippen LogP) is 4.23. The van der Waals surface area contributed by atoms with Gasteiger partial charge in [-0.1, -0.05) is 0 Å². The Balaban J connectivity index is 1.95. The number of hydrogen-bond acceptors (Lipinski definition) is 5. The summed E-state index contributed by atoms with van der Waals surface area (Å²) < 4.78 is 2.58. The van der Waals surface area contributed by atoms with E-state index < -0.39 is 4.92 Å². The Kier molecular flexibility index (Phi) is 6.00. The van der Waals surface area contributed by atoms with Gasteiger partial charge in [-0.05, 0) is 59.0 Å². The molecule has 0 saturated carbocycles. The lowest BCUT2D eigenvalue weighted by Gasteiger charge is -2.05. The van der Waals surface area contributed by atoms with Gasteiger partial charge in [0, 0.05) is 33.2 Å². The third-order valence-electron chi connectivity index (χ3n) is 3.91. The molecule has 1 N–H and O–H groups in total. The molecule has 0 spiro atoms. The lowest BCUT2D eigenvalue weighted by molar-refractivity contribution is -0.384. The van der Waals surface area contributed by atoms with Crippen molar-refractivity contribution in [3.05, 3.63) is 74.0 Å². The lowest BCUT2D eigenvalue weighted by Crippen LogP contribution is -2.12. The molecule has 0 aliphatic carbocycles. The van der Waals surface area contributed by atoms with Crippen molar-refractivity contribution in [2.75, 3.05) is 5.32 Å². The van der Waals surface area contributed by atoms with Crippen molar-refractivity contribution in [2.24, 2.45) is 0 Å². The van der Waals surface area contributed by atoms with Crippen LogP contribution in [-0.4, -0.2) is 20.6 Å². The van der Waals surface area contributed by atoms with E-state index in [1.165, 1.54) is 16.8 Å². The zero-order valence-corrected chi connectivity index (χ0v) is 16.7. The minimum absolute atomic E-state index is 0.0439. The van der Waals surface area contributed by atoms with Crippen LogP contribution in [0.25, 0.3) is 11.3 Å². The average molecular weight is 487 g/mol. The smallest absolute Gasteiger partial charge is 0.269 e. The number of carbonyl (C=O) groups is 1. The molecule has 0 fully saturated rings. The monoisotopic (exact) mass is 487 g/mol. The Morgan fingerprint density at radius 1 is 1.21 bits per heavy atom. The van der Waals surface area contributed by atoms with E-state index in [1.807, 2.05) is 18.2 Å². The molecular weight excluding hydrogens is 473 g/mol. The maximum atomic E-state index is 12.8. The Hall–Kier alpha value is -3.26. The first kappa shape index (κ1) is 19.5. The number of nitrogens with zero attached hydrogens (tertiary/aromatic N) is 4. The quantitative estimate of drug-likeness (QED) is 0.318. The van der Waals surface area contributed by atoms with E-state index in [9.17, 15) is 14.9 Å². The third kappa shape index (κ3) is 4.52. The summed E-state index contributed by atoms with van der Waals surface area (Å²) in [5, 5.41) is 26.9. The minimum Gasteiger partial charge on any atom is -0.322 e. The van der Waals surface area contributed by atoms with Crippen molar-refractivity contribution in [1.82, 2.24) is 9.78 Å². The molecule has 28 heavy (non-hydrogen) atoms. The Bertz CT molecular complexity index is 1050. The molecule has 1 aromatic heterocycles. The van der Waals surface area contributed by atoms with Gasteiger partial charge in [0.05, 0.1) is 29.5 Å². The van der Waals surface area contributed by atoms with Crippen LogP contribution in [0.1, 0.15) is 16.8 Å². The number of aromatic nitrogens is 2. The van der Waals surface area contributed by atoms with Crippen LogP contribution in [-0.2, 0) is 6.54 Å². The highest BCUT2D eigenvalue weighted by Crippen LogP contribution is 2.25. The summed E-state index contributed by atoms with van der Waals surface area (Å²) in [5.41, 5.74) is 1.90. The number of halogens is 1. The maximum Gasteiger partial charge on any atom is 0.269 e. The van der Waals surface area contributed by atoms with Crippen LogP contribution in [0.15, 0.2) is 54.7 Å². The number of aryl methyl sites for hydroxylation is 1. The van der Waals surface area contributed by atoms with E-state index in [0.29, 0.717) is 29.1 Å². The first-order valence-electron chi connectivity index (χ1n) is 8.24. The zero-order valence-electron chi connectivity index (χ0n) is 14.5. The third-order valence-corrected chi connectivity index (χ3v) is 4.63. The van der Waals surface area contributed by atoms with Crippen molar-refractivity contribution < 1.29 is 9.72 Å². The highest BCUT2D eigenvalue weighted by atomic mass is 127. The molecule has 8 nitrogen and oxygen atoms in total. The molecular formula is C19H14IN5O3. The largest absolute Gasteiger partial charge is 0.322 e. The number of hydrogen-bond donors (Lipinski definition) is 1. The minimum atomic E-state index is -0.486. The number of amides is 1. The molecule has 3 aromatic rings. The van der Waals surface area contributed by atoms with E-state index in [1.54, 1.807) is 30.5 Å². The van der Waals surface area contributed by atoms with E-state index >= 15 is 0 Å². The van der Waals surface area contributed by atoms with Crippen molar-refractivity contribution in [1.29, 1.82) is 5.26 Å². The van der Waals surface area contributed by atoms with Gasteiger partial charge in [0.1, 0.15) is 5.69 Å². The van der Waals surface area contributed by atoms with Crippen LogP contribution in [0.2, 0.25) is 0 Å². The van der Waals surface area contributed by atoms with Gasteiger partial charge in [0.2, 0.25) is 0 Å². The second-order valence-electron chi connectivity index (χ2n) is 5.83. The lowest BCUT2D eigenvalue weighted by atomic mass is 10.1. The van der Waals surface area contributed by atoms with Gasteiger partial charge in [0.15, 0.2) is 0 Å². The van der Waals surface area contributed by atoms with Crippen molar-refractivity contribution in [2.45, 2.75) is 13.0 Å². The van der Waals surface area contributed by atoms with E-state index in [-0.39, 0.29) is 18.0 Å². The molecule has 0 saturated heterocycles. The fourth-order valence-corrected chi connectivity index (χ4v) is 2.91. The number of non-ortho nitro benzene ring substituents is 1. The van der Waals surface area contributed by atoms with Crippen molar-refractivity contribution in [3.63, 3.8) is 0 Å². The van der Waals surface area contributed by atoms with Crippen molar-refractivity contribution >= 4 is 39.9 Å². The second kappa shape index (κ2) is 8.62. The summed E-state index contributed by atoms with van der Waals surface area (Å²) >= 11 is 2.18. The number of rotatable bonds is 6. The standard InChI is InChI=1S/C19H14IN5O3/c20-14-4-6-15(7-5-14)22-19(26)17-12-24(11-1-10-21)23-18(17)13-2-8-16(9-3-13)25(27)28/h2-9,12H,1,11H2,(H,22,26). The molecule has 3 rings (SSSR count). The van der Waals surface area contributed by atoms with Gasteiger partial charge in [-0.3, -0.25) is 19.6 Å². The van der Waals surface area contributed by atoms with Crippen LogP contribution in [0, 0.1) is 25.0 Å². The van der Waals surface area contributed by atoms with Gasteiger partial charge >= 0.3 is 0 Å². The first-order chi connectivity index (χ1) is 13.5. The number of nitriles is 1. The summed E-state index contributed by atoms with van der Waals surface area (Å²) in [5.74, 6) is -0.349. The molecule has 0 aliphatic heterocycles. The molecule has 2 aromatic carbocycles. The highest BCUT2D eigenvalue weighted by Gasteiger charge is 2.19. The van der Waals surface area contributed by atoms with Crippen molar-refractivity contribution in [3.8, 4) is 17.3 Å². The second-order valence-corrected chi connectivity index (χ2v) is 7.07. The summed E-state index contributed by atoms with van der Waals surface area (Å²) in [6.07, 6.45) is 1.83. The summed E-state index contributed by atoms with van der Waals surface area (Å²) in [6.45, 7) is 0.341. The SMILES string of the molecule is N#CCCn1cc(C(=O)Nc2ccc(I)cc2)c(-c2ccc([N+](=O)[O-])cc2)n1. The first-order valence-corrected chi connectivity index (χ1v) is 9.32. The summed E-state index contributed by atoms with van der Waals surface area (Å²) in [7, 11) is 0. The number of carbonyl (C=O) groups excluding carboxylic acids is 1. The van der Waals surface area contributed by atoms with Gasteiger partial charge in [-0.2, -0.15) is 10.4 Å². The predicted molar refractivity (Wildman–Crippen MR) is 112 cm³/mol. The maximum absolute atomic E-state index is 12.8. The highest BCUT2D eigenvalue weighted by molar-refractivity contribution is 14.1. The van der Waals surface area contributed by atoms with E-state index in [0.717, 1.165) is 3.57 Å². The number of nitro groups is 1. The Morgan fingerprint density at radius 2 is 1.89 bits per heavy atom. The van der Waals surface area contributed by atoms with Gasteiger partial charge in [-0.25, -0.2) is 0 Å². The average Bonchev–Trinajstić information content (AvgIpc) is 3.12. The molecule has 0 radical (unpaired) electrons. The normalized spacial score (nSPS) is 10.3. The molecule has 140 valence electrons. The summed E-state index contributed by atoms with van der Waals surface area (Å²) in [4.78, 5) is 23.2. The molecule has 1 heterocycles. The van der Waals surface area contributed by atoms with Crippen LogP contribution >= 0.6 is 22.6 Å². The van der Waals surface area contributed by atoms with Crippen LogP contribution < -0.4 is 5.32 Å². The van der Waals surface area contributed by atoms with E-state index in [4.69, 9.17) is 5.26 Å². The molecule has 0 aliphatic rings. The summed E-state index contributed by atoms with van der Waals surface area (Å²) in [6, 6.07) is 15.2. The van der Waals surface area contributed by atoms with Gasteiger partial charge in [0.25, 0.3) is 11.6 Å². The van der Waals surface area contributed by atoms with Crippen LogP contribution in [0.3, 0.4) is 0 Å². The molecule has 0 atom stereocenters. The van der Waals surface area contributed by atoms with E-state index in [2.05, 4.69) is 33.0 Å². The fourth-order valence-electron chi connectivity index (χ4n) is 2.55. The van der Waals surface area contributed by atoms with Crippen LogP contribution in [0.5, 0.6) is 0 Å². The molecule has 9 heteroatoms. The fraction of sp³-hybridized carbons (Fsp3) is 0.105. The Morgan fingerprint density at radius 3 is 2.50 bits per heavy atom. The van der Waals surface area contributed by atoms with Crippen LogP contribution in [0.4, 0.5) is 11.4 Å². The molecule has 0 bridgehead atoms. The molecule has 1 amide bonds. The number of nitrogens with one attached hydrogen (secondary N) is 1. The number of nitro benzene ring substituents is 1. The topological polar surface area (TPSA) is 114 Å².